The third-order valence-corrected chi connectivity index (χ3v) is 4.09. The van der Waals surface area contributed by atoms with Gasteiger partial charge in [-0.05, 0) is 36.8 Å². The number of nitrogens with zero attached hydrogens (tertiary/aromatic N) is 1. The van der Waals surface area contributed by atoms with Crippen molar-refractivity contribution < 1.29 is 0 Å². The Morgan fingerprint density at radius 3 is 2.61 bits per heavy atom. The van der Waals surface area contributed by atoms with Crippen LogP contribution in [0.2, 0.25) is 0 Å². The zero-order chi connectivity index (χ0) is 13.0. The maximum absolute atomic E-state index is 6.27. The number of hydrogen-bond donors (Lipinski definition) is 1. The molecule has 2 nitrogen and oxygen atoms in total. The molecule has 0 aromatic heterocycles. The quantitative estimate of drug-likeness (QED) is 0.865. The van der Waals surface area contributed by atoms with Gasteiger partial charge in [0.1, 0.15) is 0 Å². The van der Waals surface area contributed by atoms with Crippen LogP contribution in [0.15, 0.2) is 30.3 Å². The van der Waals surface area contributed by atoms with Crippen LogP contribution in [0.25, 0.3) is 0 Å². The molecule has 0 radical (unpaired) electrons. The third-order valence-electron chi connectivity index (χ3n) is 4.09. The lowest BCUT2D eigenvalue weighted by molar-refractivity contribution is 0.285. The molecule has 0 aliphatic carbocycles. The van der Waals surface area contributed by atoms with E-state index in [9.17, 15) is 0 Å². The summed E-state index contributed by atoms with van der Waals surface area (Å²) in [6.45, 7) is 8.17. The van der Waals surface area contributed by atoms with Crippen molar-refractivity contribution in [2.75, 3.05) is 19.6 Å². The summed E-state index contributed by atoms with van der Waals surface area (Å²) < 4.78 is 0. The normalized spacial score (nSPS) is 22.6. The molecule has 1 aliphatic heterocycles. The molecule has 2 rings (SSSR count). The number of hydrogen-bond acceptors (Lipinski definition) is 2. The van der Waals surface area contributed by atoms with Crippen molar-refractivity contribution in [1.82, 2.24) is 4.90 Å². The Bertz CT molecular complexity index is 347. The molecule has 2 heteroatoms. The van der Waals surface area contributed by atoms with Gasteiger partial charge in [0.25, 0.3) is 0 Å². The molecular weight excluding hydrogens is 220 g/mol. The van der Waals surface area contributed by atoms with Crippen molar-refractivity contribution in [1.29, 1.82) is 0 Å². The lowest BCUT2D eigenvalue weighted by Gasteiger charge is -2.21. The summed E-state index contributed by atoms with van der Waals surface area (Å²) in [6, 6.07) is 10.8. The minimum Gasteiger partial charge on any atom is -0.326 e. The lowest BCUT2D eigenvalue weighted by Crippen LogP contribution is -2.38. The van der Waals surface area contributed by atoms with Gasteiger partial charge < -0.3 is 10.6 Å². The van der Waals surface area contributed by atoms with E-state index in [1.807, 2.05) is 0 Å². The summed E-state index contributed by atoms with van der Waals surface area (Å²) in [5.74, 6) is 1.68. The number of likely N-dealkylation sites (tertiary alicyclic amines) is 1. The predicted octanol–water partition coefficient (Wildman–Crippen LogP) is 2.53. The molecule has 18 heavy (non-hydrogen) atoms. The summed E-state index contributed by atoms with van der Waals surface area (Å²) >= 11 is 0. The summed E-state index contributed by atoms with van der Waals surface area (Å²) in [7, 11) is 0. The summed E-state index contributed by atoms with van der Waals surface area (Å²) in [5.41, 5.74) is 7.62. The fraction of sp³-hybridized carbons (Fsp3) is 0.625. The van der Waals surface area contributed by atoms with Crippen LogP contribution in [0, 0.1) is 11.8 Å². The maximum Gasteiger partial charge on any atom is 0.0208 e. The van der Waals surface area contributed by atoms with Gasteiger partial charge in [-0.15, -0.1) is 0 Å². The topological polar surface area (TPSA) is 29.3 Å². The van der Waals surface area contributed by atoms with Gasteiger partial charge in [-0.3, -0.25) is 0 Å². The first-order valence-corrected chi connectivity index (χ1v) is 7.17. The van der Waals surface area contributed by atoms with Gasteiger partial charge in [-0.2, -0.15) is 0 Å². The highest BCUT2D eigenvalue weighted by Crippen LogP contribution is 2.23. The van der Waals surface area contributed by atoms with Crippen LogP contribution < -0.4 is 5.73 Å². The number of nitrogens with two attached hydrogens (primary N) is 1. The van der Waals surface area contributed by atoms with Crippen molar-refractivity contribution in [2.24, 2.45) is 17.6 Å². The van der Waals surface area contributed by atoms with Crippen LogP contribution in [0.1, 0.15) is 25.8 Å². The molecule has 0 amide bonds. The molecule has 0 spiro atoms. The lowest BCUT2D eigenvalue weighted by atomic mass is 9.95. The average molecular weight is 246 g/mol. The summed E-state index contributed by atoms with van der Waals surface area (Å²) in [4.78, 5) is 2.54. The molecule has 1 aliphatic rings. The fourth-order valence-electron chi connectivity index (χ4n) is 2.89. The Morgan fingerprint density at radius 1 is 1.28 bits per heavy atom. The molecule has 2 unspecified atom stereocenters. The van der Waals surface area contributed by atoms with E-state index in [0.29, 0.717) is 0 Å². The van der Waals surface area contributed by atoms with Gasteiger partial charge in [-0.25, -0.2) is 0 Å². The Morgan fingerprint density at radius 2 is 2.00 bits per heavy atom. The smallest absolute Gasteiger partial charge is 0.0208 e. The van der Waals surface area contributed by atoms with Gasteiger partial charge in [-0.1, -0.05) is 44.2 Å². The second kappa shape index (κ2) is 6.35. The van der Waals surface area contributed by atoms with Crippen molar-refractivity contribution in [3.63, 3.8) is 0 Å². The molecular formula is C16H26N2. The first-order valence-electron chi connectivity index (χ1n) is 7.17. The van der Waals surface area contributed by atoms with Gasteiger partial charge >= 0.3 is 0 Å². The molecule has 1 fully saturated rings. The highest BCUT2D eigenvalue weighted by atomic mass is 15.2. The van der Waals surface area contributed by atoms with Crippen molar-refractivity contribution in [3.8, 4) is 0 Å². The Labute approximate surface area is 111 Å². The zero-order valence-corrected chi connectivity index (χ0v) is 11.7. The van der Waals surface area contributed by atoms with Crippen LogP contribution in [0.3, 0.4) is 0 Å². The van der Waals surface area contributed by atoms with Gasteiger partial charge in [0.15, 0.2) is 0 Å². The first kappa shape index (κ1) is 13.6. The van der Waals surface area contributed by atoms with Crippen LogP contribution >= 0.6 is 0 Å². The molecule has 2 atom stereocenters. The summed E-state index contributed by atoms with van der Waals surface area (Å²) in [6.07, 6.45) is 2.33. The van der Waals surface area contributed by atoms with Gasteiger partial charge in [0, 0.05) is 19.1 Å². The Balaban J connectivity index is 1.77. The van der Waals surface area contributed by atoms with Gasteiger partial charge in [0.2, 0.25) is 0 Å². The molecule has 1 heterocycles. The molecule has 2 N–H and O–H groups in total. The molecule has 1 aromatic rings. The third kappa shape index (κ3) is 3.82. The Kier molecular flexibility index (Phi) is 4.79. The van der Waals surface area contributed by atoms with Crippen LogP contribution in [-0.4, -0.2) is 30.6 Å². The van der Waals surface area contributed by atoms with E-state index in [1.54, 1.807) is 0 Å². The van der Waals surface area contributed by atoms with Crippen molar-refractivity contribution in [3.05, 3.63) is 35.9 Å². The molecule has 0 saturated carbocycles. The van der Waals surface area contributed by atoms with E-state index in [4.69, 9.17) is 5.73 Å². The van der Waals surface area contributed by atoms with E-state index in [2.05, 4.69) is 49.1 Å². The van der Waals surface area contributed by atoms with Crippen LogP contribution in [0.4, 0.5) is 0 Å². The first-order chi connectivity index (χ1) is 8.65. The van der Waals surface area contributed by atoms with Crippen LogP contribution in [-0.2, 0) is 6.42 Å². The minimum atomic E-state index is 0.262. The zero-order valence-electron chi connectivity index (χ0n) is 11.7. The van der Waals surface area contributed by atoms with Crippen molar-refractivity contribution >= 4 is 0 Å². The molecule has 1 saturated heterocycles. The van der Waals surface area contributed by atoms with E-state index in [-0.39, 0.29) is 6.04 Å². The SMILES string of the molecule is CC(C)C1CCN(CC(N)Cc2ccccc2)C1. The van der Waals surface area contributed by atoms with E-state index < -0.39 is 0 Å². The predicted molar refractivity (Wildman–Crippen MR) is 77.5 cm³/mol. The average Bonchev–Trinajstić information content (AvgIpc) is 2.78. The largest absolute Gasteiger partial charge is 0.326 e. The summed E-state index contributed by atoms with van der Waals surface area (Å²) in [5, 5.41) is 0. The van der Waals surface area contributed by atoms with Crippen LogP contribution in [0.5, 0.6) is 0 Å². The fourth-order valence-corrected chi connectivity index (χ4v) is 2.89. The molecule has 0 bridgehead atoms. The van der Waals surface area contributed by atoms with Gasteiger partial charge in [0.05, 0.1) is 0 Å². The maximum atomic E-state index is 6.27. The van der Waals surface area contributed by atoms with E-state index >= 15 is 0 Å². The highest BCUT2D eigenvalue weighted by Gasteiger charge is 2.25. The van der Waals surface area contributed by atoms with E-state index in [0.717, 1.165) is 24.8 Å². The second-order valence-electron chi connectivity index (χ2n) is 6.00. The number of benzene rings is 1. The monoisotopic (exact) mass is 246 g/mol. The Hall–Kier alpha value is -0.860. The second-order valence-corrected chi connectivity index (χ2v) is 6.00. The number of rotatable bonds is 5. The van der Waals surface area contributed by atoms with Crippen molar-refractivity contribution in [2.45, 2.75) is 32.7 Å². The highest BCUT2D eigenvalue weighted by molar-refractivity contribution is 5.15. The molecule has 1 aromatic carbocycles. The molecule has 100 valence electrons. The minimum absolute atomic E-state index is 0.262. The van der Waals surface area contributed by atoms with E-state index in [1.165, 1.54) is 25.1 Å². The standard InChI is InChI=1S/C16H26N2/c1-13(2)15-8-9-18(11-15)12-16(17)10-14-6-4-3-5-7-14/h3-7,13,15-16H,8-12,17H2,1-2H3.